The highest BCUT2D eigenvalue weighted by Gasteiger charge is 1.92. The summed E-state index contributed by atoms with van der Waals surface area (Å²) < 4.78 is 0. The van der Waals surface area contributed by atoms with Gasteiger partial charge in [-0.15, -0.1) is 0 Å². The van der Waals surface area contributed by atoms with Crippen molar-refractivity contribution in [2.45, 2.75) is 52.0 Å². The van der Waals surface area contributed by atoms with Crippen molar-refractivity contribution in [1.29, 1.82) is 0 Å². The SMILES string of the molecule is CCCCCCCCNCc1ccccc1. The Bertz CT molecular complexity index is 243. The van der Waals surface area contributed by atoms with Gasteiger partial charge in [-0.1, -0.05) is 69.4 Å². The Morgan fingerprint density at radius 2 is 1.56 bits per heavy atom. The fraction of sp³-hybridized carbons (Fsp3) is 0.600. The van der Waals surface area contributed by atoms with Crippen LogP contribution in [0.2, 0.25) is 0 Å². The highest BCUT2D eigenvalue weighted by atomic mass is 14.8. The Balaban J connectivity index is 1.89. The van der Waals surface area contributed by atoms with Gasteiger partial charge in [-0.25, -0.2) is 0 Å². The summed E-state index contributed by atoms with van der Waals surface area (Å²) in [5.41, 5.74) is 1.38. The lowest BCUT2D eigenvalue weighted by molar-refractivity contribution is 0.572. The Hall–Kier alpha value is -0.820. The van der Waals surface area contributed by atoms with Crippen LogP contribution in [0.5, 0.6) is 0 Å². The first-order chi connectivity index (χ1) is 7.93. The quantitative estimate of drug-likeness (QED) is 0.616. The number of benzene rings is 1. The van der Waals surface area contributed by atoms with Gasteiger partial charge in [0, 0.05) is 6.54 Å². The summed E-state index contributed by atoms with van der Waals surface area (Å²) in [6.07, 6.45) is 8.25. The molecule has 90 valence electrons. The molecule has 1 N–H and O–H groups in total. The smallest absolute Gasteiger partial charge is 0.0205 e. The zero-order valence-electron chi connectivity index (χ0n) is 10.5. The molecule has 1 aromatic rings. The van der Waals surface area contributed by atoms with Crippen molar-refractivity contribution >= 4 is 0 Å². The Kier molecular flexibility index (Phi) is 7.79. The lowest BCUT2D eigenvalue weighted by Crippen LogP contribution is -2.14. The molecule has 1 heteroatoms. The molecule has 0 fully saturated rings. The van der Waals surface area contributed by atoms with Gasteiger partial charge in [-0.3, -0.25) is 0 Å². The average Bonchev–Trinajstić information content (AvgIpc) is 2.34. The summed E-state index contributed by atoms with van der Waals surface area (Å²) in [6, 6.07) is 10.6. The van der Waals surface area contributed by atoms with Crippen molar-refractivity contribution in [2.75, 3.05) is 6.54 Å². The number of nitrogens with one attached hydrogen (secondary N) is 1. The fourth-order valence-corrected chi connectivity index (χ4v) is 1.86. The molecule has 0 bridgehead atoms. The van der Waals surface area contributed by atoms with Crippen LogP contribution < -0.4 is 5.32 Å². The largest absolute Gasteiger partial charge is 0.313 e. The lowest BCUT2D eigenvalue weighted by Gasteiger charge is -2.04. The fourth-order valence-electron chi connectivity index (χ4n) is 1.86. The lowest BCUT2D eigenvalue weighted by atomic mass is 10.1. The van der Waals surface area contributed by atoms with E-state index in [4.69, 9.17) is 0 Å². The Labute approximate surface area is 100 Å². The van der Waals surface area contributed by atoms with E-state index in [1.54, 1.807) is 0 Å². The Morgan fingerprint density at radius 1 is 0.875 bits per heavy atom. The molecule has 0 heterocycles. The molecule has 0 aliphatic heterocycles. The maximum atomic E-state index is 3.49. The van der Waals surface area contributed by atoms with Crippen molar-refractivity contribution in [2.24, 2.45) is 0 Å². The van der Waals surface area contributed by atoms with E-state index in [0.717, 1.165) is 13.1 Å². The van der Waals surface area contributed by atoms with Crippen LogP contribution in [0.1, 0.15) is 51.0 Å². The maximum Gasteiger partial charge on any atom is 0.0205 e. The third-order valence-electron chi connectivity index (χ3n) is 2.88. The van der Waals surface area contributed by atoms with Gasteiger partial charge in [0.15, 0.2) is 0 Å². The normalized spacial score (nSPS) is 10.6. The Morgan fingerprint density at radius 3 is 2.31 bits per heavy atom. The molecule has 16 heavy (non-hydrogen) atoms. The van der Waals surface area contributed by atoms with E-state index in [-0.39, 0.29) is 0 Å². The van der Waals surface area contributed by atoms with Crippen molar-refractivity contribution in [3.63, 3.8) is 0 Å². The topological polar surface area (TPSA) is 12.0 Å². The zero-order chi connectivity index (χ0) is 11.5. The van der Waals surface area contributed by atoms with Gasteiger partial charge < -0.3 is 5.32 Å². The molecule has 0 saturated carbocycles. The maximum absolute atomic E-state index is 3.49. The molecule has 0 aromatic heterocycles. The first-order valence-electron chi connectivity index (χ1n) is 6.68. The molecule has 1 aromatic carbocycles. The van der Waals surface area contributed by atoms with Gasteiger partial charge in [-0.2, -0.15) is 0 Å². The van der Waals surface area contributed by atoms with Crippen LogP contribution in [0.3, 0.4) is 0 Å². The standard InChI is InChI=1S/C15H25N/c1-2-3-4-5-6-10-13-16-14-15-11-8-7-9-12-15/h7-9,11-12,16H,2-6,10,13-14H2,1H3. The summed E-state index contributed by atoms with van der Waals surface area (Å²) in [6.45, 7) is 4.43. The van der Waals surface area contributed by atoms with E-state index in [2.05, 4.69) is 42.6 Å². The number of unbranched alkanes of at least 4 members (excludes halogenated alkanes) is 5. The van der Waals surface area contributed by atoms with Crippen LogP contribution in [0, 0.1) is 0 Å². The molecular weight excluding hydrogens is 194 g/mol. The first-order valence-corrected chi connectivity index (χ1v) is 6.68. The monoisotopic (exact) mass is 219 g/mol. The third kappa shape index (κ3) is 6.62. The minimum atomic E-state index is 1.01. The van der Waals surface area contributed by atoms with Crippen LogP contribution in [0.25, 0.3) is 0 Å². The second kappa shape index (κ2) is 9.41. The number of hydrogen-bond acceptors (Lipinski definition) is 1. The van der Waals surface area contributed by atoms with E-state index in [0.29, 0.717) is 0 Å². The first kappa shape index (κ1) is 13.2. The minimum Gasteiger partial charge on any atom is -0.313 e. The van der Waals surface area contributed by atoms with E-state index in [1.807, 2.05) is 0 Å². The van der Waals surface area contributed by atoms with Gasteiger partial charge in [0.1, 0.15) is 0 Å². The third-order valence-corrected chi connectivity index (χ3v) is 2.88. The molecule has 0 radical (unpaired) electrons. The van der Waals surface area contributed by atoms with Crippen LogP contribution in [-0.2, 0) is 6.54 Å². The van der Waals surface area contributed by atoms with Gasteiger partial charge in [0.2, 0.25) is 0 Å². The second-order valence-electron chi connectivity index (χ2n) is 4.43. The zero-order valence-corrected chi connectivity index (χ0v) is 10.5. The molecule has 0 aliphatic rings. The van der Waals surface area contributed by atoms with Crippen LogP contribution in [0.4, 0.5) is 0 Å². The van der Waals surface area contributed by atoms with Crippen molar-refractivity contribution in [3.8, 4) is 0 Å². The van der Waals surface area contributed by atoms with Gasteiger partial charge in [-0.05, 0) is 18.5 Å². The summed E-state index contributed by atoms with van der Waals surface area (Å²) in [5.74, 6) is 0. The second-order valence-corrected chi connectivity index (χ2v) is 4.43. The molecule has 0 saturated heterocycles. The van der Waals surface area contributed by atoms with Crippen LogP contribution in [0.15, 0.2) is 30.3 Å². The van der Waals surface area contributed by atoms with E-state index in [1.165, 1.54) is 44.1 Å². The minimum absolute atomic E-state index is 1.01. The summed E-state index contributed by atoms with van der Waals surface area (Å²) in [5, 5.41) is 3.49. The molecular formula is C15H25N. The summed E-state index contributed by atoms with van der Waals surface area (Å²) in [7, 11) is 0. The summed E-state index contributed by atoms with van der Waals surface area (Å²) in [4.78, 5) is 0. The van der Waals surface area contributed by atoms with Crippen molar-refractivity contribution in [3.05, 3.63) is 35.9 Å². The molecule has 0 amide bonds. The number of rotatable bonds is 9. The van der Waals surface area contributed by atoms with E-state index < -0.39 is 0 Å². The van der Waals surface area contributed by atoms with Gasteiger partial charge in [0.05, 0.1) is 0 Å². The molecule has 0 spiro atoms. The molecule has 0 unspecified atom stereocenters. The van der Waals surface area contributed by atoms with Gasteiger partial charge in [0.25, 0.3) is 0 Å². The number of hydrogen-bond donors (Lipinski definition) is 1. The molecule has 1 nitrogen and oxygen atoms in total. The van der Waals surface area contributed by atoms with Crippen molar-refractivity contribution in [1.82, 2.24) is 5.32 Å². The highest BCUT2D eigenvalue weighted by molar-refractivity contribution is 5.14. The predicted octanol–water partition coefficient (Wildman–Crippen LogP) is 4.14. The highest BCUT2D eigenvalue weighted by Crippen LogP contribution is 2.04. The molecule has 0 aliphatic carbocycles. The van der Waals surface area contributed by atoms with Crippen molar-refractivity contribution < 1.29 is 0 Å². The molecule has 1 rings (SSSR count). The van der Waals surface area contributed by atoms with Crippen LogP contribution in [-0.4, -0.2) is 6.54 Å². The van der Waals surface area contributed by atoms with Crippen LogP contribution >= 0.6 is 0 Å². The average molecular weight is 219 g/mol. The summed E-state index contributed by atoms with van der Waals surface area (Å²) >= 11 is 0. The van der Waals surface area contributed by atoms with Gasteiger partial charge >= 0.3 is 0 Å². The molecule has 0 atom stereocenters. The predicted molar refractivity (Wildman–Crippen MR) is 71.5 cm³/mol. The van der Waals surface area contributed by atoms with E-state index >= 15 is 0 Å². The van der Waals surface area contributed by atoms with E-state index in [9.17, 15) is 0 Å².